The Balaban J connectivity index is 1.53. The van der Waals surface area contributed by atoms with E-state index in [1.807, 2.05) is 31.2 Å². The minimum absolute atomic E-state index is 0.0541. The summed E-state index contributed by atoms with van der Waals surface area (Å²) in [7, 11) is 0. The third kappa shape index (κ3) is 3.96. The molecular formula is C16H17N5O2S. The highest BCUT2D eigenvalue weighted by molar-refractivity contribution is 7.07. The zero-order valence-electron chi connectivity index (χ0n) is 13.2. The molecule has 2 heterocycles. The number of nitrogens with zero attached hydrogens (tertiary/aromatic N) is 4. The van der Waals surface area contributed by atoms with Crippen LogP contribution in [0.4, 0.5) is 0 Å². The van der Waals surface area contributed by atoms with Crippen LogP contribution in [0.1, 0.15) is 16.8 Å². The highest BCUT2D eigenvalue weighted by atomic mass is 32.1. The van der Waals surface area contributed by atoms with E-state index in [0.29, 0.717) is 13.1 Å². The Morgan fingerprint density at radius 1 is 1.25 bits per heavy atom. The SMILES string of the molecule is Cc1csc(=O)n1CC(=O)NCc1ccc(Cn2cncn2)cc1. The van der Waals surface area contributed by atoms with Gasteiger partial charge in [-0.3, -0.25) is 14.2 Å². The highest BCUT2D eigenvalue weighted by Crippen LogP contribution is 2.06. The van der Waals surface area contributed by atoms with Crippen molar-refractivity contribution in [3.05, 3.63) is 68.8 Å². The third-order valence-corrected chi connectivity index (χ3v) is 4.48. The van der Waals surface area contributed by atoms with E-state index in [9.17, 15) is 9.59 Å². The Morgan fingerprint density at radius 2 is 2.00 bits per heavy atom. The second-order valence-electron chi connectivity index (χ2n) is 5.42. The average Bonchev–Trinajstić information content (AvgIpc) is 3.19. The van der Waals surface area contributed by atoms with E-state index < -0.39 is 0 Å². The molecular weight excluding hydrogens is 326 g/mol. The lowest BCUT2D eigenvalue weighted by Gasteiger charge is -2.08. The van der Waals surface area contributed by atoms with Crippen molar-refractivity contribution in [3.8, 4) is 0 Å². The summed E-state index contributed by atoms with van der Waals surface area (Å²) in [6.45, 7) is 2.96. The molecule has 1 N–H and O–H groups in total. The number of benzene rings is 1. The molecule has 0 unspecified atom stereocenters. The number of rotatable bonds is 6. The number of aryl methyl sites for hydroxylation is 1. The number of carbonyl (C=O) groups excluding carboxylic acids is 1. The van der Waals surface area contributed by atoms with Crippen molar-refractivity contribution < 1.29 is 4.79 Å². The number of nitrogens with one attached hydrogen (secondary N) is 1. The van der Waals surface area contributed by atoms with Gasteiger partial charge >= 0.3 is 4.87 Å². The molecule has 1 amide bonds. The summed E-state index contributed by atoms with van der Waals surface area (Å²) in [6.07, 6.45) is 3.17. The van der Waals surface area contributed by atoms with Crippen LogP contribution in [0.3, 0.4) is 0 Å². The highest BCUT2D eigenvalue weighted by Gasteiger charge is 2.08. The summed E-state index contributed by atoms with van der Waals surface area (Å²) in [5, 5.41) is 8.65. The second-order valence-corrected chi connectivity index (χ2v) is 6.24. The molecule has 0 saturated carbocycles. The first-order valence-electron chi connectivity index (χ1n) is 7.43. The predicted octanol–water partition coefficient (Wildman–Crippen LogP) is 1.17. The maximum Gasteiger partial charge on any atom is 0.307 e. The first kappa shape index (κ1) is 16.1. The number of amides is 1. The van der Waals surface area contributed by atoms with Gasteiger partial charge in [-0.1, -0.05) is 35.6 Å². The molecule has 0 aliphatic carbocycles. The van der Waals surface area contributed by atoms with Gasteiger partial charge in [0.05, 0.1) is 6.54 Å². The molecule has 0 bridgehead atoms. The van der Waals surface area contributed by atoms with Crippen molar-refractivity contribution >= 4 is 17.2 Å². The van der Waals surface area contributed by atoms with Crippen LogP contribution >= 0.6 is 11.3 Å². The van der Waals surface area contributed by atoms with E-state index in [2.05, 4.69) is 15.4 Å². The van der Waals surface area contributed by atoms with Crippen LogP contribution < -0.4 is 10.2 Å². The van der Waals surface area contributed by atoms with Crippen LogP contribution in [0.25, 0.3) is 0 Å². The molecule has 0 aliphatic heterocycles. The summed E-state index contributed by atoms with van der Waals surface area (Å²) in [6, 6.07) is 7.93. The van der Waals surface area contributed by atoms with Crippen LogP contribution in [0.5, 0.6) is 0 Å². The number of hydrogen-bond donors (Lipinski definition) is 1. The largest absolute Gasteiger partial charge is 0.350 e. The molecule has 7 nitrogen and oxygen atoms in total. The summed E-state index contributed by atoms with van der Waals surface area (Å²) >= 11 is 1.11. The van der Waals surface area contributed by atoms with Crippen molar-refractivity contribution in [2.24, 2.45) is 0 Å². The molecule has 0 radical (unpaired) electrons. The fourth-order valence-electron chi connectivity index (χ4n) is 2.26. The minimum atomic E-state index is -0.176. The van der Waals surface area contributed by atoms with Gasteiger partial charge < -0.3 is 5.32 Å². The minimum Gasteiger partial charge on any atom is -0.350 e. The zero-order valence-corrected chi connectivity index (χ0v) is 14.0. The molecule has 0 saturated heterocycles. The fraction of sp³-hybridized carbons (Fsp3) is 0.250. The molecule has 3 rings (SSSR count). The summed E-state index contributed by atoms with van der Waals surface area (Å²) in [5.41, 5.74) is 2.91. The van der Waals surface area contributed by atoms with Gasteiger partial charge in [-0.25, -0.2) is 9.67 Å². The molecule has 2 aromatic heterocycles. The van der Waals surface area contributed by atoms with Crippen LogP contribution in [-0.4, -0.2) is 25.2 Å². The van der Waals surface area contributed by atoms with E-state index in [-0.39, 0.29) is 17.3 Å². The van der Waals surface area contributed by atoms with Crippen molar-refractivity contribution in [2.45, 2.75) is 26.6 Å². The number of hydrogen-bond acceptors (Lipinski definition) is 5. The average molecular weight is 343 g/mol. The number of carbonyl (C=O) groups is 1. The van der Waals surface area contributed by atoms with Gasteiger partial charge in [0.2, 0.25) is 5.91 Å². The molecule has 24 heavy (non-hydrogen) atoms. The Bertz CT molecular complexity index is 865. The number of aromatic nitrogens is 4. The van der Waals surface area contributed by atoms with E-state index in [4.69, 9.17) is 0 Å². The summed E-state index contributed by atoms with van der Waals surface area (Å²) in [5.74, 6) is -0.176. The van der Waals surface area contributed by atoms with Crippen LogP contribution in [0, 0.1) is 6.92 Å². The zero-order chi connectivity index (χ0) is 16.9. The Labute approximate surface area is 142 Å². The predicted molar refractivity (Wildman–Crippen MR) is 90.7 cm³/mol. The molecule has 0 atom stereocenters. The van der Waals surface area contributed by atoms with Crippen LogP contribution in [0.15, 0.2) is 47.1 Å². The molecule has 1 aromatic carbocycles. The van der Waals surface area contributed by atoms with Gasteiger partial charge in [0, 0.05) is 17.6 Å². The van der Waals surface area contributed by atoms with Gasteiger partial charge in [-0.15, -0.1) is 0 Å². The van der Waals surface area contributed by atoms with Crippen molar-refractivity contribution in [3.63, 3.8) is 0 Å². The lowest BCUT2D eigenvalue weighted by molar-refractivity contribution is -0.121. The Kier molecular flexibility index (Phi) is 4.85. The lowest BCUT2D eigenvalue weighted by Crippen LogP contribution is -2.30. The Hall–Kier alpha value is -2.74. The molecule has 124 valence electrons. The molecule has 0 spiro atoms. The van der Waals surface area contributed by atoms with Gasteiger partial charge in [-0.2, -0.15) is 5.10 Å². The standard InChI is InChI=1S/C16H17N5O2S/c1-12-9-24-16(23)21(12)8-15(22)18-6-13-2-4-14(5-3-13)7-20-11-17-10-19-20/h2-5,9-11H,6-8H2,1H3,(H,18,22). The van der Waals surface area contributed by atoms with Crippen LogP contribution in [0.2, 0.25) is 0 Å². The first-order valence-corrected chi connectivity index (χ1v) is 8.31. The van der Waals surface area contributed by atoms with Crippen molar-refractivity contribution in [2.75, 3.05) is 0 Å². The Morgan fingerprint density at radius 3 is 2.62 bits per heavy atom. The quantitative estimate of drug-likeness (QED) is 0.728. The third-order valence-electron chi connectivity index (χ3n) is 3.60. The van der Waals surface area contributed by atoms with E-state index in [1.165, 1.54) is 10.9 Å². The molecule has 0 fully saturated rings. The van der Waals surface area contributed by atoms with Gasteiger partial charge in [0.1, 0.15) is 19.2 Å². The van der Waals surface area contributed by atoms with E-state index >= 15 is 0 Å². The van der Waals surface area contributed by atoms with Gasteiger partial charge in [0.15, 0.2) is 0 Å². The van der Waals surface area contributed by atoms with E-state index in [1.54, 1.807) is 16.4 Å². The second kappa shape index (κ2) is 7.22. The molecule has 3 aromatic rings. The molecule has 8 heteroatoms. The van der Waals surface area contributed by atoms with E-state index in [0.717, 1.165) is 28.2 Å². The van der Waals surface area contributed by atoms with Gasteiger partial charge in [-0.05, 0) is 18.1 Å². The lowest BCUT2D eigenvalue weighted by atomic mass is 10.1. The molecule has 0 aliphatic rings. The fourth-order valence-corrected chi connectivity index (χ4v) is 2.99. The summed E-state index contributed by atoms with van der Waals surface area (Å²) in [4.78, 5) is 27.4. The van der Waals surface area contributed by atoms with Crippen molar-refractivity contribution in [1.29, 1.82) is 0 Å². The maximum atomic E-state index is 12.0. The number of thiazole rings is 1. The topological polar surface area (TPSA) is 81.8 Å². The van der Waals surface area contributed by atoms with Crippen molar-refractivity contribution in [1.82, 2.24) is 24.6 Å². The van der Waals surface area contributed by atoms with Gasteiger partial charge in [0.25, 0.3) is 0 Å². The summed E-state index contributed by atoms with van der Waals surface area (Å²) < 4.78 is 3.22. The maximum absolute atomic E-state index is 12.0. The monoisotopic (exact) mass is 343 g/mol. The normalized spacial score (nSPS) is 10.7. The smallest absolute Gasteiger partial charge is 0.307 e. The van der Waals surface area contributed by atoms with Crippen LogP contribution in [-0.2, 0) is 24.4 Å². The first-order chi connectivity index (χ1) is 11.6.